The molecule has 3 amide bonds. The Morgan fingerprint density at radius 2 is 1.64 bits per heavy atom. The summed E-state index contributed by atoms with van der Waals surface area (Å²) in [5, 5.41) is 9.05. The first-order valence-corrected chi connectivity index (χ1v) is 8.27. The standard InChI is InChI=1S/C18H22N2O5/c1-4-9-19(10-14(21)22)18(25)15(11(2)3)20-16(23)12-7-5-6-8-13(12)17(20)24/h5-8,11,15H,4,9-10H2,1-3H3,(H,21,22). The zero-order chi connectivity index (χ0) is 18.7. The van der Waals surface area contributed by atoms with Crippen LogP contribution in [0, 0.1) is 5.92 Å². The minimum atomic E-state index is -1.13. The van der Waals surface area contributed by atoms with Crippen molar-refractivity contribution in [3.05, 3.63) is 35.4 Å². The van der Waals surface area contributed by atoms with E-state index < -0.39 is 36.3 Å². The van der Waals surface area contributed by atoms with Crippen molar-refractivity contribution in [2.24, 2.45) is 5.92 Å². The van der Waals surface area contributed by atoms with Gasteiger partial charge in [0.05, 0.1) is 11.1 Å². The van der Waals surface area contributed by atoms with E-state index in [9.17, 15) is 19.2 Å². The van der Waals surface area contributed by atoms with E-state index >= 15 is 0 Å². The van der Waals surface area contributed by atoms with Gasteiger partial charge in [0.1, 0.15) is 12.6 Å². The van der Waals surface area contributed by atoms with Crippen molar-refractivity contribution in [2.45, 2.75) is 33.2 Å². The SMILES string of the molecule is CCCN(CC(=O)O)C(=O)C(C(C)C)N1C(=O)c2ccccc2C1=O. The summed E-state index contributed by atoms with van der Waals surface area (Å²) in [6.07, 6.45) is 0.575. The van der Waals surface area contributed by atoms with Crippen LogP contribution in [0.5, 0.6) is 0 Å². The van der Waals surface area contributed by atoms with E-state index in [2.05, 4.69) is 0 Å². The number of fused-ring (bicyclic) bond motifs is 1. The fourth-order valence-corrected chi connectivity index (χ4v) is 3.04. The van der Waals surface area contributed by atoms with Crippen molar-refractivity contribution in [3.63, 3.8) is 0 Å². The van der Waals surface area contributed by atoms with Crippen molar-refractivity contribution >= 4 is 23.7 Å². The highest BCUT2D eigenvalue weighted by atomic mass is 16.4. The number of imide groups is 1. The first-order chi connectivity index (χ1) is 11.8. The number of carboxylic acid groups (broad SMARTS) is 1. The minimum Gasteiger partial charge on any atom is -0.480 e. The van der Waals surface area contributed by atoms with Crippen LogP contribution in [0.1, 0.15) is 47.9 Å². The average Bonchev–Trinajstić information content (AvgIpc) is 2.79. The van der Waals surface area contributed by atoms with Gasteiger partial charge in [0.2, 0.25) is 5.91 Å². The summed E-state index contributed by atoms with van der Waals surface area (Å²) < 4.78 is 0. The maximum absolute atomic E-state index is 13.0. The Balaban J connectivity index is 2.38. The number of aliphatic carboxylic acids is 1. The highest BCUT2D eigenvalue weighted by Gasteiger charge is 2.45. The second kappa shape index (κ2) is 7.46. The van der Waals surface area contributed by atoms with Crippen LogP contribution < -0.4 is 0 Å². The predicted molar refractivity (Wildman–Crippen MR) is 90.1 cm³/mol. The predicted octanol–water partition coefficient (Wildman–Crippen LogP) is 1.63. The normalized spacial score (nSPS) is 14.6. The Bertz CT molecular complexity index is 678. The molecule has 1 aromatic carbocycles. The van der Waals surface area contributed by atoms with E-state index in [1.54, 1.807) is 38.1 Å². The maximum Gasteiger partial charge on any atom is 0.323 e. The summed E-state index contributed by atoms with van der Waals surface area (Å²) in [4.78, 5) is 51.5. The molecule has 0 bridgehead atoms. The number of carbonyl (C=O) groups excluding carboxylic acids is 3. The van der Waals surface area contributed by atoms with Crippen LogP contribution in [-0.2, 0) is 9.59 Å². The van der Waals surface area contributed by atoms with Gasteiger partial charge in [-0.2, -0.15) is 0 Å². The lowest BCUT2D eigenvalue weighted by atomic mass is 10.0. The van der Waals surface area contributed by atoms with Crippen LogP contribution in [-0.4, -0.2) is 57.7 Å². The Morgan fingerprint density at radius 1 is 1.12 bits per heavy atom. The molecule has 134 valence electrons. The van der Waals surface area contributed by atoms with Gasteiger partial charge in [-0.25, -0.2) is 0 Å². The molecule has 0 spiro atoms. The van der Waals surface area contributed by atoms with Gasteiger partial charge >= 0.3 is 5.97 Å². The van der Waals surface area contributed by atoms with Gasteiger partial charge in [0.25, 0.3) is 11.8 Å². The van der Waals surface area contributed by atoms with Crippen molar-refractivity contribution in [3.8, 4) is 0 Å². The van der Waals surface area contributed by atoms with Gasteiger partial charge in [-0.3, -0.25) is 24.1 Å². The number of carbonyl (C=O) groups is 4. The topological polar surface area (TPSA) is 95.0 Å². The van der Waals surface area contributed by atoms with Crippen LogP contribution in [0.4, 0.5) is 0 Å². The monoisotopic (exact) mass is 346 g/mol. The lowest BCUT2D eigenvalue weighted by Crippen LogP contribution is -2.54. The van der Waals surface area contributed by atoms with Gasteiger partial charge in [0, 0.05) is 6.54 Å². The average molecular weight is 346 g/mol. The van der Waals surface area contributed by atoms with Gasteiger partial charge in [-0.1, -0.05) is 32.9 Å². The van der Waals surface area contributed by atoms with Crippen molar-refractivity contribution in [2.75, 3.05) is 13.1 Å². The summed E-state index contributed by atoms with van der Waals surface area (Å²) in [6, 6.07) is 5.40. The molecule has 1 aliphatic heterocycles. The number of nitrogens with zero attached hydrogens (tertiary/aromatic N) is 2. The van der Waals surface area contributed by atoms with Crippen molar-refractivity contribution < 1.29 is 24.3 Å². The molecule has 0 fully saturated rings. The first kappa shape index (κ1) is 18.6. The molecule has 1 N–H and O–H groups in total. The third kappa shape index (κ3) is 3.55. The Labute approximate surface area is 146 Å². The third-order valence-electron chi connectivity index (χ3n) is 4.12. The quantitative estimate of drug-likeness (QED) is 0.757. The van der Waals surface area contributed by atoms with E-state index in [0.717, 1.165) is 4.90 Å². The Kier molecular flexibility index (Phi) is 5.56. The lowest BCUT2D eigenvalue weighted by Gasteiger charge is -2.32. The molecule has 0 saturated carbocycles. The van der Waals surface area contributed by atoms with Gasteiger partial charge < -0.3 is 10.0 Å². The van der Waals surface area contributed by atoms with Crippen molar-refractivity contribution in [1.82, 2.24) is 9.80 Å². The van der Waals surface area contributed by atoms with Crippen LogP contribution in [0.2, 0.25) is 0 Å². The molecule has 1 unspecified atom stereocenters. The van der Waals surface area contributed by atoms with Crippen LogP contribution >= 0.6 is 0 Å². The fraction of sp³-hybridized carbons (Fsp3) is 0.444. The molecular weight excluding hydrogens is 324 g/mol. The van der Waals surface area contributed by atoms with Crippen molar-refractivity contribution in [1.29, 1.82) is 0 Å². The fourth-order valence-electron chi connectivity index (χ4n) is 3.04. The van der Waals surface area contributed by atoms with Crippen LogP contribution in [0.15, 0.2) is 24.3 Å². The second-order valence-corrected chi connectivity index (χ2v) is 6.37. The maximum atomic E-state index is 13.0. The molecule has 1 aromatic rings. The van der Waals surface area contributed by atoms with Gasteiger partial charge in [0.15, 0.2) is 0 Å². The second-order valence-electron chi connectivity index (χ2n) is 6.37. The summed E-state index contributed by atoms with van der Waals surface area (Å²) in [5.41, 5.74) is 0.539. The molecule has 2 rings (SSSR count). The smallest absolute Gasteiger partial charge is 0.323 e. The summed E-state index contributed by atoms with van der Waals surface area (Å²) >= 11 is 0. The summed E-state index contributed by atoms with van der Waals surface area (Å²) in [7, 11) is 0. The zero-order valence-corrected chi connectivity index (χ0v) is 14.6. The largest absolute Gasteiger partial charge is 0.480 e. The molecule has 1 atom stereocenters. The molecule has 25 heavy (non-hydrogen) atoms. The third-order valence-corrected chi connectivity index (χ3v) is 4.12. The molecular formula is C18H22N2O5. The van der Waals surface area contributed by atoms with E-state index in [-0.39, 0.29) is 23.6 Å². The van der Waals surface area contributed by atoms with Crippen LogP contribution in [0.25, 0.3) is 0 Å². The molecule has 0 aliphatic carbocycles. The summed E-state index contributed by atoms with van der Waals surface area (Å²) in [6.45, 7) is 5.08. The van der Waals surface area contributed by atoms with E-state index in [0.29, 0.717) is 6.42 Å². The van der Waals surface area contributed by atoms with E-state index in [1.165, 1.54) is 4.90 Å². The summed E-state index contributed by atoms with van der Waals surface area (Å²) in [5.74, 6) is -3.03. The number of hydrogen-bond acceptors (Lipinski definition) is 4. The zero-order valence-electron chi connectivity index (χ0n) is 14.6. The lowest BCUT2D eigenvalue weighted by molar-refractivity contribution is -0.146. The molecule has 7 heteroatoms. The highest BCUT2D eigenvalue weighted by molar-refractivity contribution is 6.22. The van der Waals surface area contributed by atoms with E-state index in [4.69, 9.17) is 5.11 Å². The Hall–Kier alpha value is -2.70. The first-order valence-electron chi connectivity index (χ1n) is 8.27. The molecule has 0 saturated heterocycles. The molecule has 1 heterocycles. The number of hydrogen-bond donors (Lipinski definition) is 1. The highest BCUT2D eigenvalue weighted by Crippen LogP contribution is 2.28. The number of carboxylic acids is 1. The molecule has 1 aliphatic rings. The van der Waals surface area contributed by atoms with Crippen LogP contribution in [0.3, 0.4) is 0 Å². The molecule has 0 aromatic heterocycles. The van der Waals surface area contributed by atoms with Gasteiger partial charge in [-0.15, -0.1) is 0 Å². The number of rotatable bonds is 7. The number of amides is 3. The Morgan fingerprint density at radius 3 is 2.04 bits per heavy atom. The van der Waals surface area contributed by atoms with Gasteiger partial charge in [-0.05, 0) is 24.5 Å². The molecule has 7 nitrogen and oxygen atoms in total. The minimum absolute atomic E-state index is 0.248. The van der Waals surface area contributed by atoms with E-state index in [1.807, 2.05) is 6.92 Å². The number of benzene rings is 1. The molecule has 0 radical (unpaired) electrons.